The zero-order chi connectivity index (χ0) is 13.2. The van der Waals surface area contributed by atoms with Gasteiger partial charge in [-0.1, -0.05) is 0 Å². The summed E-state index contributed by atoms with van der Waals surface area (Å²) in [5, 5.41) is 9.04. The van der Waals surface area contributed by atoms with Gasteiger partial charge in [0.15, 0.2) is 0 Å². The Hall–Kier alpha value is -2.04. The van der Waals surface area contributed by atoms with Crippen molar-refractivity contribution < 1.29 is 19.4 Å². The number of carbonyl (C=O) groups excluding carboxylic acids is 1. The van der Waals surface area contributed by atoms with E-state index in [2.05, 4.69) is 0 Å². The van der Waals surface area contributed by atoms with E-state index < -0.39 is 11.9 Å². The van der Waals surface area contributed by atoms with Crippen LogP contribution in [0.15, 0.2) is 6.07 Å². The first-order chi connectivity index (χ1) is 7.90. The number of ether oxygens (including phenoxy) is 1. The van der Waals surface area contributed by atoms with E-state index in [-0.39, 0.29) is 23.4 Å². The number of aromatic carboxylic acids is 1. The highest BCUT2D eigenvalue weighted by Gasteiger charge is 2.21. The molecule has 0 saturated carbocycles. The average Bonchev–Trinajstić information content (AvgIpc) is 2.15. The number of anilines is 1. The summed E-state index contributed by atoms with van der Waals surface area (Å²) in [6.45, 7) is 5.18. The van der Waals surface area contributed by atoms with Gasteiger partial charge in [-0.25, -0.2) is 9.59 Å². The van der Waals surface area contributed by atoms with Crippen LogP contribution in [-0.2, 0) is 4.74 Å². The molecule has 0 spiro atoms. The fourth-order valence-electron chi connectivity index (χ4n) is 1.82. The summed E-state index contributed by atoms with van der Waals surface area (Å²) in [5.74, 6) is -1.67. The zero-order valence-electron chi connectivity index (χ0n) is 10.0. The van der Waals surface area contributed by atoms with E-state index in [4.69, 9.17) is 15.6 Å². The van der Waals surface area contributed by atoms with E-state index >= 15 is 0 Å². The van der Waals surface area contributed by atoms with E-state index in [0.717, 1.165) is 0 Å². The quantitative estimate of drug-likeness (QED) is 0.617. The van der Waals surface area contributed by atoms with Crippen LogP contribution in [-0.4, -0.2) is 23.7 Å². The van der Waals surface area contributed by atoms with Crippen LogP contribution in [0.25, 0.3) is 0 Å². The molecule has 0 aliphatic heterocycles. The molecule has 0 radical (unpaired) electrons. The van der Waals surface area contributed by atoms with E-state index in [1.54, 1.807) is 20.8 Å². The molecule has 0 bridgehead atoms. The largest absolute Gasteiger partial charge is 0.478 e. The lowest BCUT2D eigenvalue weighted by Crippen LogP contribution is -2.14. The summed E-state index contributed by atoms with van der Waals surface area (Å²) >= 11 is 0. The number of nitrogens with two attached hydrogens (primary N) is 1. The van der Waals surface area contributed by atoms with Crippen molar-refractivity contribution in [2.45, 2.75) is 20.8 Å². The minimum Gasteiger partial charge on any atom is -0.478 e. The maximum absolute atomic E-state index is 11.7. The maximum atomic E-state index is 11.7. The molecule has 0 aliphatic rings. The summed E-state index contributed by atoms with van der Waals surface area (Å²) in [6.07, 6.45) is 0. The molecule has 0 unspecified atom stereocenters. The molecule has 3 N–H and O–H groups in total. The van der Waals surface area contributed by atoms with E-state index in [0.29, 0.717) is 11.1 Å². The standard InChI is InChI=1S/C12H15NO4/c1-4-17-12(16)9-6(2)5-8(13)10(7(9)3)11(14)15/h5H,4,13H2,1-3H3,(H,14,15). The maximum Gasteiger partial charge on any atom is 0.338 e. The van der Waals surface area contributed by atoms with Crippen LogP contribution < -0.4 is 5.73 Å². The van der Waals surface area contributed by atoms with Gasteiger partial charge in [0.25, 0.3) is 0 Å². The predicted molar refractivity (Wildman–Crippen MR) is 63.2 cm³/mol. The lowest BCUT2D eigenvalue weighted by molar-refractivity contribution is 0.0524. The summed E-state index contributed by atoms with van der Waals surface area (Å²) in [7, 11) is 0. The van der Waals surface area contributed by atoms with Crippen molar-refractivity contribution >= 4 is 17.6 Å². The molecule has 0 aromatic heterocycles. The van der Waals surface area contributed by atoms with Crippen LogP contribution in [0, 0.1) is 13.8 Å². The molecule has 0 amide bonds. The van der Waals surface area contributed by atoms with Gasteiger partial charge in [0.2, 0.25) is 0 Å². The van der Waals surface area contributed by atoms with Crippen molar-refractivity contribution in [2.75, 3.05) is 12.3 Å². The van der Waals surface area contributed by atoms with Crippen molar-refractivity contribution in [1.29, 1.82) is 0 Å². The summed E-state index contributed by atoms with van der Waals surface area (Å²) in [5.41, 5.74) is 6.98. The third kappa shape index (κ3) is 2.38. The second-order valence-electron chi connectivity index (χ2n) is 3.68. The van der Waals surface area contributed by atoms with Crippen LogP contribution in [0.1, 0.15) is 38.8 Å². The van der Waals surface area contributed by atoms with Crippen LogP contribution in [0.5, 0.6) is 0 Å². The Morgan fingerprint density at radius 1 is 1.35 bits per heavy atom. The Morgan fingerprint density at radius 3 is 2.41 bits per heavy atom. The Balaban J connectivity index is 3.46. The highest BCUT2D eigenvalue weighted by Crippen LogP contribution is 2.25. The molecule has 5 heteroatoms. The van der Waals surface area contributed by atoms with Crippen molar-refractivity contribution in [3.8, 4) is 0 Å². The number of benzene rings is 1. The number of hydrogen-bond acceptors (Lipinski definition) is 4. The molecule has 0 fully saturated rings. The third-order valence-corrected chi connectivity index (χ3v) is 2.50. The van der Waals surface area contributed by atoms with Gasteiger partial charge < -0.3 is 15.6 Å². The molecule has 1 rings (SSSR count). The summed E-state index contributed by atoms with van der Waals surface area (Å²) in [6, 6.07) is 1.47. The number of esters is 1. The van der Waals surface area contributed by atoms with Gasteiger partial charge >= 0.3 is 11.9 Å². The van der Waals surface area contributed by atoms with Crippen molar-refractivity contribution in [1.82, 2.24) is 0 Å². The first-order valence-corrected chi connectivity index (χ1v) is 5.20. The third-order valence-electron chi connectivity index (χ3n) is 2.50. The molecule has 92 valence electrons. The molecular weight excluding hydrogens is 222 g/mol. The Bertz CT molecular complexity index is 480. The highest BCUT2D eigenvalue weighted by atomic mass is 16.5. The topological polar surface area (TPSA) is 89.6 Å². The van der Waals surface area contributed by atoms with Gasteiger partial charge in [-0.05, 0) is 38.0 Å². The molecular formula is C12H15NO4. The number of nitrogen functional groups attached to an aromatic ring is 1. The normalized spacial score (nSPS) is 10.1. The molecule has 5 nitrogen and oxygen atoms in total. The number of hydrogen-bond donors (Lipinski definition) is 2. The van der Waals surface area contributed by atoms with Gasteiger partial charge in [-0.3, -0.25) is 0 Å². The lowest BCUT2D eigenvalue weighted by atomic mass is 9.96. The first kappa shape index (κ1) is 13.0. The fourth-order valence-corrected chi connectivity index (χ4v) is 1.82. The van der Waals surface area contributed by atoms with Gasteiger partial charge in [0.05, 0.1) is 17.7 Å². The molecule has 1 aromatic rings. The van der Waals surface area contributed by atoms with Crippen LogP contribution in [0.4, 0.5) is 5.69 Å². The molecule has 0 heterocycles. The molecule has 0 saturated heterocycles. The molecule has 1 aromatic carbocycles. The monoisotopic (exact) mass is 237 g/mol. The first-order valence-electron chi connectivity index (χ1n) is 5.20. The van der Waals surface area contributed by atoms with Crippen molar-refractivity contribution in [3.63, 3.8) is 0 Å². The molecule has 0 aliphatic carbocycles. The number of rotatable bonds is 3. The average molecular weight is 237 g/mol. The van der Waals surface area contributed by atoms with Gasteiger partial charge in [-0.15, -0.1) is 0 Å². The van der Waals surface area contributed by atoms with Gasteiger partial charge in [-0.2, -0.15) is 0 Å². The smallest absolute Gasteiger partial charge is 0.338 e. The van der Waals surface area contributed by atoms with Gasteiger partial charge in [0, 0.05) is 5.69 Å². The Morgan fingerprint density at radius 2 is 1.94 bits per heavy atom. The highest BCUT2D eigenvalue weighted by molar-refractivity contribution is 6.02. The fraction of sp³-hybridized carbons (Fsp3) is 0.333. The minimum atomic E-state index is -1.15. The Labute approximate surface area is 99.2 Å². The number of aryl methyl sites for hydroxylation is 1. The number of carboxylic acids is 1. The predicted octanol–water partition coefficient (Wildman–Crippen LogP) is 1.76. The van der Waals surface area contributed by atoms with E-state index in [1.807, 2.05) is 0 Å². The van der Waals surface area contributed by atoms with Crippen LogP contribution >= 0.6 is 0 Å². The molecule has 17 heavy (non-hydrogen) atoms. The minimum absolute atomic E-state index is 0.0429. The Kier molecular flexibility index (Phi) is 3.73. The SMILES string of the molecule is CCOC(=O)c1c(C)cc(N)c(C(=O)O)c1C. The zero-order valence-corrected chi connectivity index (χ0v) is 10.0. The van der Waals surface area contributed by atoms with Crippen molar-refractivity contribution in [2.24, 2.45) is 0 Å². The van der Waals surface area contributed by atoms with E-state index in [1.165, 1.54) is 6.07 Å². The van der Waals surface area contributed by atoms with E-state index in [9.17, 15) is 9.59 Å². The lowest BCUT2D eigenvalue weighted by Gasteiger charge is -2.13. The number of carbonyl (C=O) groups is 2. The summed E-state index contributed by atoms with van der Waals surface area (Å²) in [4.78, 5) is 22.8. The summed E-state index contributed by atoms with van der Waals surface area (Å²) < 4.78 is 4.89. The van der Waals surface area contributed by atoms with Crippen LogP contribution in [0.3, 0.4) is 0 Å². The van der Waals surface area contributed by atoms with Gasteiger partial charge in [0.1, 0.15) is 0 Å². The second kappa shape index (κ2) is 4.86. The number of carboxylic acid groups (broad SMARTS) is 1. The second-order valence-corrected chi connectivity index (χ2v) is 3.68. The van der Waals surface area contributed by atoms with Crippen LogP contribution in [0.2, 0.25) is 0 Å². The van der Waals surface area contributed by atoms with Crippen molar-refractivity contribution in [3.05, 3.63) is 28.3 Å². The molecule has 0 atom stereocenters.